The van der Waals surface area contributed by atoms with Crippen LogP contribution in [0.2, 0.25) is 0 Å². The summed E-state index contributed by atoms with van der Waals surface area (Å²) in [4.78, 5) is 26.0. The van der Waals surface area contributed by atoms with Gasteiger partial charge in [0.2, 0.25) is 0 Å². The molecule has 0 heterocycles. The van der Waals surface area contributed by atoms with Crippen LogP contribution in [0.5, 0.6) is 0 Å². The Morgan fingerprint density at radius 2 is 1.71 bits per heavy atom. The first-order valence-corrected chi connectivity index (χ1v) is 10.1. The lowest BCUT2D eigenvalue weighted by atomic mass is 9.85. The van der Waals surface area contributed by atoms with E-state index in [-0.39, 0.29) is 11.9 Å². The summed E-state index contributed by atoms with van der Waals surface area (Å²) in [7, 11) is 1.47. The molecule has 1 aliphatic carbocycles. The highest BCUT2D eigenvalue weighted by Crippen LogP contribution is 2.29. The maximum Gasteiger partial charge on any atom is 0.412 e. The Hall–Kier alpha value is -2.08. The molecule has 1 amide bonds. The molecule has 1 aromatic rings. The molecule has 156 valence electrons. The number of esters is 1. The third-order valence-electron chi connectivity index (χ3n) is 5.14. The highest BCUT2D eigenvalue weighted by Gasteiger charge is 2.29. The number of benzene rings is 1. The van der Waals surface area contributed by atoms with Crippen LogP contribution in [0, 0.1) is 5.92 Å². The normalized spacial score (nSPS) is 19.9. The fourth-order valence-corrected chi connectivity index (χ4v) is 3.69. The van der Waals surface area contributed by atoms with E-state index in [9.17, 15) is 9.59 Å². The van der Waals surface area contributed by atoms with Crippen molar-refractivity contribution in [1.29, 1.82) is 0 Å². The molecule has 0 radical (unpaired) electrons. The quantitative estimate of drug-likeness (QED) is 0.720. The average molecular weight is 391 g/mol. The second kappa shape index (κ2) is 9.92. The average Bonchev–Trinajstić information content (AvgIpc) is 2.65. The van der Waals surface area contributed by atoms with Crippen LogP contribution in [-0.2, 0) is 20.8 Å². The molecule has 0 atom stereocenters. The second-order valence-corrected chi connectivity index (χ2v) is 8.42. The molecule has 1 fully saturated rings. The number of nitrogens with one attached hydrogen (secondary N) is 1. The highest BCUT2D eigenvalue weighted by molar-refractivity contribution is 5.84. The van der Waals surface area contributed by atoms with Gasteiger partial charge in [-0.05, 0) is 70.7 Å². The minimum atomic E-state index is -0.515. The topological polar surface area (TPSA) is 67.9 Å². The van der Waals surface area contributed by atoms with E-state index >= 15 is 0 Å². The molecule has 6 nitrogen and oxygen atoms in total. The fraction of sp³-hybridized carbons (Fsp3) is 0.636. The first-order chi connectivity index (χ1) is 13.2. The van der Waals surface area contributed by atoms with Crippen molar-refractivity contribution in [3.8, 4) is 0 Å². The zero-order valence-electron chi connectivity index (χ0n) is 17.8. The van der Waals surface area contributed by atoms with Crippen LogP contribution >= 0.6 is 0 Å². The first kappa shape index (κ1) is 22.2. The Morgan fingerprint density at radius 3 is 2.21 bits per heavy atom. The van der Waals surface area contributed by atoms with Crippen LogP contribution in [-0.4, -0.2) is 42.3 Å². The Morgan fingerprint density at radius 1 is 1.11 bits per heavy atom. The number of methoxy groups -OCH3 is 1. The van der Waals surface area contributed by atoms with Crippen molar-refractivity contribution >= 4 is 17.7 Å². The maximum absolute atomic E-state index is 11.9. The van der Waals surface area contributed by atoms with Gasteiger partial charge in [0.05, 0.1) is 13.0 Å². The summed E-state index contributed by atoms with van der Waals surface area (Å²) in [6, 6.07) is 8.37. The number of ether oxygens (including phenoxy) is 2. The fourth-order valence-electron chi connectivity index (χ4n) is 3.69. The van der Waals surface area contributed by atoms with Crippen LogP contribution in [0.3, 0.4) is 0 Å². The molecule has 0 bridgehead atoms. The largest absolute Gasteiger partial charge is 0.469 e. The zero-order chi connectivity index (χ0) is 20.7. The number of hydrogen-bond acceptors (Lipinski definition) is 5. The molecule has 0 aromatic heterocycles. The van der Waals surface area contributed by atoms with Crippen LogP contribution in [0.15, 0.2) is 24.3 Å². The van der Waals surface area contributed by atoms with Crippen LogP contribution < -0.4 is 5.32 Å². The number of carbonyl (C=O) groups is 2. The summed E-state index contributed by atoms with van der Waals surface area (Å²) in [6.45, 7) is 9.52. The van der Waals surface area contributed by atoms with Gasteiger partial charge in [-0.1, -0.05) is 19.1 Å². The minimum Gasteiger partial charge on any atom is -0.469 e. The van der Waals surface area contributed by atoms with Crippen molar-refractivity contribution in [2.75, 3.05) is 19.0 Å². The lowest BCUT2D eigenvalue weighted by molar-refractivity contribution is -0.146. The van der Waals surface area contributed by atoms with Crippen LogP contribution in [0.1, 0.15) is 58.9 Å². The van der Waals surface area contributed by atoms with Crippen molar-refractivity contribution in [3.05, 3.63) is 29.8 Å². The maximum atomic E-state index is 11.9. The van der Waals surface area contributed by atoms with E-state index < -0.39 is 11.7 Å². The molecule has 1 aromatic carbocycles. The van der Waals surface area contributed by atoms with Crippen molar-refractivity contribution in [3.63, 3.8) is 0 Å². The molecule has 2 rings (SSSR count). The zero-order valence-corrected chi connectivity index (χ0v) is 17.8. The highest BCUT2D eigenvalue weighted by atomic mass is 16.6. The molecule has 28 heavy (non-hydrogen) atoms. The number of carbonyl (C=O) groups excluding carboxylic acids is 2. The first-order valence-electron chi connectivity index (χ1n) is 10.1. The molecule has 0 spiro atoms. The molecule has 1 N–H and O–H groups in total. The lowest BCUT2D eigenvalue weighted by Crippen LogP contribution is -2.38. The van der Waals surface area contributed by atoms with Gasteiger partial charge in [-0.15, -0.1) is 0 Å². The van der Waals surface area contributed by atoms with Crippen molar-refractivity contribution in [1.82, 2.24) is 4.90 Å². The predicted molar refractivity (Wildman–Crippen MR) is 110 cm³/mol. The smallest absolute Gasteiger partial charge is 0.412 e. The minimum absolute atomic E-state index is 0.0539. The monoisotopic (exact) mass is 390 g/mol. The van der Waals surface area contributed by atoms with Gasteiger partial charge in [0, 0.05) is 18.3 Å². The van der Waals surface area contributed by atoms with Crippen LogP contribution in [0.4, 0.5) is 10.5 Å². The Bertz CT molecular complexity index is 643. The second-order valence-electron chi connectivity index (χ2n) is 8.42. The van der Waals surface area contributed by atoms with Crippen molar-refractivity contribution in [2.24, 2.45) is 5.92 Å². The van der Waals surface area contributed by atoms with E-state index in [1.165, 1.54) is 12.7 Å². The lowest BCUT2D eigenvalue weighted by Gasteiger charge is -2.35. The standard InChI is InChI=1S/C22H34N2O4/c1-6-24(19-13-9-17(10-14-19)20(25)27-5)15-16-7-11-18(12-8-16)23-21(26)28-22(2,3)4/h7-8,11-12,17,19H,6,9-10,13-15H2,1-5H3,(H,23,26)/t17-,19-. The van der Waals surface area contributed by atoms with E-state index in [1.807, 2.05) is 45.0 Å². The molecule has 0 aliphatic heterocycles. The number of rotatable bonds is 6. The van der Waals surface area contributed by atoms with Gasteiger partial charge in [-0.2, -0.15) is 0 Å². The summed E-state index contributed by atoms with van der Waals surface area (Å²) in [5.41, 5.74) is 1.41. The van der Waals surface area contributed by atoms with E-state index in [4.69, 9.17) is 9.47 Å². The summed E-state index contributed by atoms with van der Waals surface area (Å²) < 4.78 is 10.2. The summed E-state index contributed by atoms with van der Waals surface area (Å²) >= 11 is 0. The predicted octanol–water partition coefficient (Wildman–Crippen LogP) is 4.59. The van der Waals surface area contributed by atoms with Gasteiger partial charge in [-0.25, -0.2) is 4.79 Å². The molecule has 1 aliphatic rings. The molecule has 6 heteroatoms. The third-order valence-corrected chi connectivity index (χ3v) is 5.14. The SMILES string of the molecule is CCN(Cc1ccc(NC(=O)OC(C)(C)C)cc1)[C@H]1CC[C@H](C(=O)OC)CC1. The number of amides is 1. The number of hydrogen-bond donors (Lipinski definition) is 1. The van der Waals surface area contributed by atoms with Gasteiger partial charge < -0.3 is 9.47 Å². The number of nitrogens with zero attached hydrogens (tertiary/aromatic N) is 1. The van der Waals surface area contributed by atoms with Gasteiger partial charge in [0.15, 0.2) is 0 Å². The Labute approximate surface area is 168 Å². The van der Waals surface area contributed by atoms with Gasteiger partial charge >= 0.3 is 12.1 Å². The van der Waals surface area contributed by atoms with E-state index in [2.05, 4.69) is 17.1 Å². The third kappa shape index (κ3) is 6.82. The molecule has 1 saturated carbocycles. The molecule has 0 unspecified atom stereocenters. The van der Waals surface area contributed by atoms with E-state index in [0.717, 1.165) is 44.5 Å². The van der Waals surface area contributed by atoms with E-state index in [1.54, 1.807) is 0 Å². The summed E-state index contributed by atoms with van der Waals surface area (Å²) in [5, 5.41) is 2.76. The van der Waals surface area contributed by atoms with Crippen molar-refractivity contribution in [2.45, 2.75) is 71.6 Å². The summed E-state index contributed by atoms with van der Waals surface area (Å²) in [6.07, 6.45) is 3.38. The Kier molecular flexibility index (Phi) is 7.87. The molecule has 0 saturated heterocycles. The van der Waals surface area contributed by atoms with E-state index in [0.29, 0.717) is 6.04 Å². The summed E-state index contributed by atoms with van der Waals surface area (Å²) in [5.74, 6) is -0.0206. The Balaban J connectivity index is 1.88. The van der Waals surface area contributed by atoms with Crippen LogP contribution in [0.25, 0.3) is 0 Å². The van der Waals surface area contributed by atoms with Gasteiger partial charge in [0.25, 0.3) is 0 Å². The molecular weight excluding hydrogens is 356 g/mol. The molecular formula is C22H34N2O4. The van der Waals surface area contributed by atoms with Crippen molar-refractivity contribution < 1.29 is 19.1 Å². The van der Waals surface area contributed by atoms with Gasteiger partial charge in [0.1, 0.15) is 5.60 Å². The number of anilines is 1. The van der Waals surface area contributed by atoms with Gasteiger partial charge in [-0.3, -0.25) is 15.0 Å².